The molecule has 19 heavy (non-hydrogen) atoms. The standard InChI is InChI=1S/C14H13FN2OS/c15-9-4-5-10(16)11(7-9)17-14(18)13-6-8-2-1-3-12(8)19-13/h4-7H,1-3,16H2,(H,17,18). The molecule has 1 aliphatic carbocycles. The molecular weight excluding hydrogens is 263 g/mol. The molecule has 0 unspecified atom stereocenters. The molecule has 1 aromatic heterocycles. The molecule has 0 aliphatic heterocycles. The number of hydrogen-bond donors (Lipinski definition) is 2. The van der Waals surface area contributed by atoms with E-state index < -0.39 is 5.82 Å². The van der Waals surface area contributed by atoms with Gasteiger partial charge in [-0.1, -0.05) is 0 Å². The van der Waals surface area contributed by atoms with Crippen molar-refractivity contribution in [1.29, 1.82) is 0 Å². The van der Waals surface area contributed by atoms with Crippen molar-refractivity contribution in [3.8, 4) is 0 Å². The Hall–Kier alpha value is -1.88. The van der Waals surface area contributed by atoms with Crippen molar-refractivity contribution in [2.24, 2.45) is 0 Å². The summed E-state index contributed by atoms with van der Waals surface area (Å²) in [5, 5.41) is 2.66. The fraction of sp³-hybridized carbons (Fsp3) is 0.214. The van der Waals surface area contributed by atoms with E-state index in [4.69, 9.17) is 5.73 Å². The lowest BCUT2D eigenvalue weighted by Crippen LogP contribution is -2.12. The summed E-state index contributed by atoms with van der Waals surface area (Å²) in [6.07, 6.45) is 3.26. The molecule has 3 nitrogen and oxygen atoms in total. The Bertz CT molecular complexity index is 629. The topological polar surface area (TPSA) is 55.1 Å². The highest BCUT2D eigenvalue weighted by molar-refractivity contribution is 7.14. The van der Waals surface area contributed by atoms with Crippen molar-refractivity contribution < 1.29 is 9.18 Å². The number of nitrogens with two attached hydrogens (primary N) is 1. The molecule has 0 spiro atoms. The van der Waals surface area contributed by atoms with Gasteiger partial charge in [0.1, 0.15) is 5.82 Å². The Labute approximate surface area is 114 Å². The van der Waals surface area contributed by atoms with Gasteiger partial charge in [-0.3, -0.25) is 4.79 Å². The molecule has 98 valence electrons. The molecule has 3 N–H and O–H groups in total. The van der Waals surface area contributed by atoms with Crippen LogP contribution in [0.25, 0.3) is 0 Å². The predicted octanol–water partition coefficient (Wildman–Crippen LogP) is 3.21. The van der Waals surface area contributed by atoms with Crippen LogP contribution in [0.2, 0.25) is 0 Å². The summed E-state index contributed by atoms with van der Waals surface area (Å²) in [7, 11) is 0. The average Bonchev–Trinajstić information content (AvgIpc) is 2.94. The number of nitrogen functional groups attached to an aromatic ring is 1. The minimum absolute atomic E-state index is 0.225. The summed E-state index contributed by atoms with van der Waals surface area (Å²) in [5.41, 5.74) is 7.65. The first-order chi connectivity index (χ1) is 9.13. The summed E-state index contributed by atoms with van der Waals surface area (Å²) in [4.78, 5) is 14.1. The zero-order valence-corrected chi connectivity index (χ0v) is 11.0. The third-order valence-corrected chi connectivity index (χ3v) is 4.47. The van der Waals surface area contributed by atoms with Crippen molar-refractivity contribution in [2.75, 3.05) is 11.1 Å². The monoisotopic (exact) mass is 276 g/mol. The number of fused-ring (bicyclic) bond motifs is 1. The maximum absolute atomic E-state index is 13.1. The van der Waals surface area contributed by atoms with Gasteiger partial charge in [0, 0.05) is 4.88 Å². The highest BCUT2D eigenvalue weighted by atomic mass is 32.1. The molecule has 1 aliphatic rings. The molecule has 3 rings (SSSR count). The molecule has 1 aromatic carbocycles. The van der Waals surface area contributed by atoms with Gasteiger partial charge >= 0.3 is 0 Å². The van der Waals surface area contributed by atoms with Crippen molar-refractivity contribution in [1.82, 2.24) is 0 Å². The molecule has 0 radical (unpaired) electrons. The lowest BCUT2D eigenvalue weighted by molar-refractivity contribution is 0.103. The summed E-state index contributed by atoms with van der Waals surface area (Å²) in [6, 6.07) is 5.87. The molecule has 1 amide bonds. The fourth-order valence-electron chi connectivity index (χ4n) is 2.26. The third-order valence-electron chi connectivity index (χ3n) is 3.23. The van der Waals surface area contributed by atoms with Crippen LogP contribution < -0.4 is 11.1 Å². The Morgan fingerprint density at radius 2 is 2.16 bits per heavy atom. The summed E-state index contributed by atoms with van der Waals surface area (Å²) in [6.45, 7) is 0. The second-order valence-electron chi connectivity index (χ2n) is 4.60. The molecule has 0 fully saturated rings. The number of aryl methyl sites for hydroxylation is 2. The first-order valence-electron chi connectivity index (χ1n) is 6.11. The van der Waals surface area contributed by atoms with E-state index in [-0.39, 0.29) is 5.91 Å². The lowest BCUT2D eigenvalue weighted by Gasteiger charge is -2.07. The number of carbonyl (C=O) groups is 1. The van der Waals surface area contributed by atoms with Crippen molar-refractivity contribution in [2.45, 2.75) is 19.3 Å². The average molecular weight is 276 g/mol. The molecule has 0 saturated carbocycles. The van der Waals surface area contributed by atoms with Crippen LogP contribution in [0, 0.1) is 5.82 Å². The maximum Gasteiger partial charge on any atom is 0.265 e. The minimum Gasteiger partial charge on any atom is -0.397 e. The number of carbonyl (C=O) groups excluding carboxylic acids is 1. The van der Waals surface area contributed by atoms with E-state index in [0.29, 0.717) is 16.3 Å². The van der Waals surface area contributed by atoms with Crippen molar-refractivity contribution in [3.63, 3.8) is 0 Å². The number of nitrogens with one attached hydrogen (secondary N) is 1. The van der Waals surface area contributed by atoms with Crippen LogP contribution in [0.15, 0.2) is 24.3 Å². The molecule has 2 aromatic rings. The van der Waals surface area contributed by atoms with E-state index in [9.17, 15) is 9.18 Å². The van der Waals surface area contributed by atoms with Gasteiger partial charge in [-0.15, -0.1) is 11.3 Å². The number of anilines is 2. The predicted molar refractivity (Wildman–Crippen MR) is 75.1 cm³/mol. The smallest absolute Gasteiger partial charge is 0.265 e. The number of halogens is 1. The van der Waals surface area contributed by atoms with Crippen LogP contribution in [0.3, 0.4) is 0 Å². The van der Waals surface area contributed by atoms with E-state index in [1.165, 1.54) is 46.4 Å². The molecular formula is C14H13FN2OS. The lowest BCUT2D eigenvalue weighted by atomic mass is 10.2. The highest BCUT2D eigenvalue weighted by Gasteiger charge is 2.19. The molecule has 0 atom stereocenters. The van der Waals surface area contributed by atoms with Crippen LogP contribution >= 0.6 is 11.3 Å². The van der Waals surface area contributed by atoms with Gasteiger partial charge in [-0.25, -0.2) is 4.39 Å². The second kappa shape index (κ2) is 4.66. The zero-order valence-electron chi connectivity index (χ0n) is 10.2. The van der Waals surface area contributed by atoms with Gasteiger partial charge in [0.25, 0.3) is 5.91 Å². The van der Waals surface area contributed by atoms with Gasteiger partial charge in [0.15, 0.2) is 0 Å². The largest absolute Gasteiger partial charge is 0.397 e. The summed E-state index contributed by atoms with van der Waals surface area (Å²) >= 11 is 1.51. The van der Waals surface area contributed by atoms with Crippen molar-refractivity contribution in [3.05, 3.63) is 45.4 Å². The van der Waals surface area contributed by atoms with Gasteiger partial charge < -0.3 is 11.1 Å². The number of benzene rings is 1. The van der Waals surface area contributed by atoms with E-state index >= 15 is 0 Å². The zero-order chi connectivity index (χ0) is 13.4. The van der Waals surface area contributed by atoms with Gasteiger partial charge in [-0.2, -0.15) is 0 Å². The van der Waals surface area contributed by atoms with Crippen LogP contribution in [0.1, 0.15) is 26.5 Å². The van der Waals surface area contributed by atoms with Crippen LogP contribution in [-0.2, 0) is 12.8 Å². The Kier molecular flexibility index (Phi) is 2.98. The second-order valence-corrected chi connectivity index (χ2v) is 5.74. The maximum atomic E-state index is 13.1. The Morgan fingerprint density at radius 1 is 1.32 bits per heavy atom. The highest BCUT2D eigenvalue weighted by Crippen LogP contribution is 2.31. The molecule has 0 bridgehead atoms. The van der Waals surface area contributed by atoms with E-state index in [1.807, 2.05) is 6.07 Å². The molecule has 5 heteroatoms. The van der Waals surface area contributed by atoms with Crippen LogP contribution in [-0.4, -0.2) is 5.91 Å². The van der Waals surface area contributed by atoms with Gasteiger partial charge in [0.2, 0.25) is 0 Å². The Balaban J connectivity index is 1.82. The first kappa shape index (κ1) is 12.2. The van der Waals surface area contributed by atoms with E-state index in [2.05, 4.69) is 5.32 Å². The van der Waals surface area contributed by atoms with E-state index in [1.54, 1.807) is 0 Å². The summed E-state index contributed by atoms with van der Waals surface area (Å²) < 4.78 is 13.1. The normalized spacial score (nSPS) is 13.3. The SMILES string of the molecule is Nc1ccc(F)cc1NC(=O)c1cc2c(s1)CCC2. The molecule has 1 heterocycles. The van der Waals surface area contributed by atoms with Gasteiger partial charge in [0.05, 0.1) is 16.3 Å². The van der Waals surface area contributed by atoms with Crippen LogP contribution in [0.4, 0.5) is 15.8 Å². The number of rotatable bonds is 2. The van der Waals surface area contributed by atoms with E-state index in [0.717, 1.165) is 12.8 Å². The fourth-order valence-corrected chi connectivity index (χ4v) is 3.41. The molecule has 0 saturated heterocycles. The Morgan fingerprint density at radius 3 is 2.95 bits per heavy atom. The van der Waals surface area contributed by atoms with Gasteiger partial charge in [-0.05, 0) is 49.1 Å². The number of amides is 1. The third kappa shape index (κ3) is 2.33. The summed E-state index contributed by atoms with van der Waals surface area (Å²) in [5.74, 6) is -0.644. The number of hydrogen-bond acceptors (Lipinski definition) is 3. The van der Waals surface area contributed by atoms with Crippen LogP contribution in [0.5, 0.6) is 0 Å². The number of thiophene rings is 1. The van der Waals surface area contributed by atoms with Crippen molar-refractivity contribution >= 4 is 28.6 Å². The quantitative estimate of drug-likeness (QED) is 0.827. The first-order valence-corrected chi connectivity index (χ1v) is 6.93. The minimum atomic E-state index is -0.418.